The molecule has 0 amide bonds. The lowest BCUT2D eigenvalue weighted by atomic mass is 9.85. The highest BCUT2D eigenvalue weighted by molar-refractivity contribution is 7.99. The Morgan fingerprint density at radius 2 is 0.678 bits per heavy atom. The van der Waals surface area contributed by atoms with Crippen molar-refractivity contribution in [2.24, 2.45) is 0 Å². The van der Waals surface area contributed by atoms with Crippen LogP contribution in [0.25, 0.3) is 0 Å². The Labute approximate surface area is 381 Å². The number of unbranched alkanes of at least 4 members (excludes halogenated alkanes) is 24. The highest BCUT2D eigenvalue weighted by Crippen LogP contribution is 2.43. The molecular weight excluding hydrogens is 777 g/mol. The molecule has 0 aliphatic heterocycles. The van der Waals surface area contributed by atoms with Crippen molar-refractivity contribution >= 4 is 46.3 Å². The molecule has 2 nitrogen and oxygen atoms in total. The molecule has 2 rings (SSSR count). The summed E-state index contributed by atoms with van der Waals surface area (Å²) in [6.07, 6.45) is 36.8. The smallest absolute Gasteiger partial charge is 0.167 e. The lowest BCUT2D eigenvalue weighted by molar-refractivity contribution is 0.493. The Hall–Kier alpha value is -1.43. The molecule has 59 heavy (non-hydrogen) atoms. The average Bonchev–Trinajstić information content (AvgIpc) is 3.16. The third kappa shape index (κ3) is 23.6. The fourth-order valence-corrected chi connectivity index (χ4v) is 9.42. The van der Waals surface area contributed by atoms with Crippen LogP contribution >= 0.6 is 36.2 Å². The molecule has 0 fully saturated rings. The van der Waals surface area contributed by atoms with E-state index >= 15 is 0 Å². The Morgan fingerprint density at radius 3 is 0.932 bits per heavy atom. The van der Waals surface area contributed by atoms with Crippen LogP contribution in [0.2, 0.25) is 0 Å². The molecule has 0 spiro atoms. The van der Waals surface area contributed by atoms with Gasteiger partial charge in [0.15, 0.2) is 10.1 Å². The van der Waals surface area contributed by atoms with Gasteiger partial charge in [-0.05, 0) is 97.3 Å². The molecular formula is C54H90O2S3. The summed E-state index contributed by atoms with van der Waals surface area (Å²) < 4.78 is 13.0. The van der Waals surface area contributed by atoms with Crippen LogP contribution in [0.5, 0.6) is 11.5 Å². The van der Waals surface area contributed by atoms with Gasteiger partial charge in [-0.1, -0.05) is 221 Å². The summed E-state index contributed by atoms with van der Waals surface area (Å²) in [6, 6.07) is 9.11. The van der Waals surface area contributed by atoms with E-state index in [0.717, 1.165) is 37.2 Å². The first-order valence-corrected chi connectivity index (χ1v) is 26.2. The predicted octanol–water partition coefficient (Wildman–Crippen LogP) is 19.4. The zero-order chi connectivity index (χ0) is 43.5. The van der Waals surface area contributed by atoms with E-state index < -0.39 is 0 Å². The molecule has 2 aromatic rings. The molecule has 0 N–H and O–H groups in total. The molecule has 336 valence electrons. The van der Waals surface area contributed by atoms with Crippen molar-refractivity contribution in [2.45, 2.75) is 270 Å². The number of thiocarbonyl (C=S) groups is 2. The molecule has 2 aromatic carbocycles. The van der Waals surface area contributed by atoms with Crippen LogP contribution < -0.4 is 9.47 Å². The van der Waals surface area contributed by atoms with Crippen LogP contribution in [0, 0.1) is 13.8 Å². The highest BCUT2D eigenvalue weighted by atomic mass is 32.2. The average molecular weight is 868 g/mol. The monoisotopic (exact) mass is 867 g/mol. The van der Waals surface area contributed by atoms with E-state index in [2.05, 4.69) is 93.5 Å². The van der Waals surface area contributed by atoms with Crippen LogP contribution in [0.4, 0.5) is 0 Å². The largest absolute Gasteiger partial charge is 0.450 e. The summed E-state index contributed by atoms with van der Waals surface area (Å²) in [4.78, 5) is 2.50. The Morgan fingerprint density at radius 1 is 0.424 bits per heavy atom. The van der Waals surface area contributed by atoms with E-state index in [9.17, 15) is 0 Å². The topological polar surface area (TPSA) is 18.5 Å². The minimum absolute atomic E-state index is 0.0876. The van der Waals surface area contributed by atoms with Crippen LogP contribution in [-0.4, -0.2) is 10.1 Å². The van der Waals surface area contributed by atoms with Gasteiger partial charge in [-0.15, -0.1) is 0 Å². The Kier molecular flexibility index (Phi) is 27.8. The number of ether oxygens (including phenoxy) is 2. The first-order chi connectivity index (χ1) is 28.2. The number of hydrogen-bond acceptors (Lipinski definition) is 5. The third-order valence-electron chi connectivity index (χ3n) is 11.8. The van der Waals surface area contributed by atoms with E-state index in [0.29, 0.717) is 10.1 Å². The van der Waals surface area contributed by atoms with Crippen molar-refractivity contribution in [2.75, 3.05) is 0 Å². The van der Waals surface area contributed by atoms with E-state index in [-0.39, 0.29) is 10.8 Å². The number of rotatable bonds is 32. The normalized spacial score (nSPS) is 12.0. The minimum Gasteiger partial charge on any atom is -0.450 e. The fourth-order valence-electron chi connectivity index (χ4n) is 7.92. The third-order valence-corrected chi connectivity index (χ3v) is 13.7. The molecule has 0 saturated heterocycles. The summed E-state index contributed by atoms with van der Waals surface area (Å²) >= 11 is 13.5. The molecule has 0 saturated carbocycles. The number of benzene rings is 2. The van der Waals surface area contributed by atoms with Crippen molar-refractivity contribution in [3.05, 3.63) is 46.5 Å². The van der Waals surface area contributed by atoms with Gasteiger partial charge in [0.2, 0.25) is 0 Å². The van der Waals surface area contributed by atoms with Crippen molar-refractivity contribution < 1.29 is 9.47 Å². The maximum Gasteiger partial charge on any atom is 0.167 e. The van der Waals surface area contributed by atoms with Gasteiger partial charge in [0.05, 0.1) is 0 Å². The predicted molar refractivity (Wildman–Crippen MR) is 271 cm³/mol. The van der Waals surface area contributed by atoms with Gasteiger partial charge < -0.3 is 9.47 Å². The van der Waals surface area contributed by atoms with Crippen molar-refractivity contribution in [3.63, 3.8) is 0 Å². The standard InChI is InChI=1S/C54H90O2S3/c1-11-13-15-17-19-21-23-25-27-29-31-33-35-37-51(57)55-47-39-43(3)49(41-45(47)53(5,6)7)59-50-42-46(54(8,9)10)48(40-44(50)4)56-52(58)38-36-34-32-30-28-26-24-22-20-18-16-14-12-2/h39-42H,11-38H2,1-10H3. The number of hydrogen-bond donors (Lipinski definition) is 0. The maximum absolute atomic E-state index is 6.48. The Balaban J connectivity index is 1.91. The molecule has 0 atom stereocenters. The van der Waals surface area contributed by atoms with E-state index in [1.807, 2.05) is 11.8 Å². The molecule has 0 heterocycles. The minimum atomic E-state index is -0.0876. The lowest BCUT2D eigenvalue weighted by Crippen LogP contribution is -2.16. The van der Waals surface area contributed by atoms with E-state index in [1.54, 1.807) is 0 Å². The van der Waals surface area contributed by atoms with E-state index in [1.165, 1.54) is 186 Å². The molecule has 0 bridgehead atoms. The molecule has 0 aliphatic carbocycles. The first-order valence-electron chi connectivity index (χ1n) is 24.6. The zero-order valence-corrected chi connectivity index (χ0v) is 42.6. The molecule has 0 aromatic heterocycles. The van der Waals surface area contributed by atoms with Crippen molar-refractivity contribution in [3.8, 4) is 11.5 Å². The maximum atomic E-state index is 6.48. The zero-order valence-electron chi connectivity index (χ0n) is 40.1. The molecule has 0 unspecified atom stereocenters. The highest BCUT2D eigenvalue weighted by Gasteiger charge is 2.25. The summed E-state index contributed by atoms with van der Waals surface area (Å²) in [6.45, 7) is 22.6. The quantitative estimate of drug-likeness (QED) is 0.0537. The fraction of sp³-hybridized carbons (Fsp3) is 0.741. The van der Waals surface area contributed by atoms with Crippen molar-refractivity contribution in [1.29, 1.82) is 0 Å². The van der Waals surface area contributed by atoms with Crippen LogP contribution in [0.15, 0.2) is 34.1 Å². The van der Waals surface area contributed by atoms with Gasteiger partial charge in [-0.25, -0.2) is 0 Å². The lowest BCUT2D eigenvalue weighted by Gasteiger charge is -2.26. The Bertz CT molecular complexity index is 1350. The first kappa shape index (κ1) is 53.7. The summed E-state index contributed by atoms with van der Waals surface area (Å²) in [5.74, 6) is 1.82. The second kappa shape index (κ2) is 30.6. The van der Waals surface area contributed by atoms with Gasteiger partial charge in [-0.2, -0.15) is 0 Å². The van der Waals surface area contributed by atoms with Crippen molar-refractivity contribution in [1.82, 2.24) is 0 Å². The van der Waals surface area contributed by atoms with Crippen LogP contribution in [0.3, 0.4) is 0 Å². The summed E-state index contributed by atoms with van der Waals surface area (Å²) in [5, 5.41) is 1.43. The second-order valence-corrected chi connectivity index (χ2v) is 21.8. The summed E-state index contributed by atoms with van der Waals surface area (Å²) in [7, 11) is 0. The van der Waals surface area contributed by atoms with E-state index in [4.69, 9.17) is 33.9 Å². The van der Waals surface area contributed by atoms with Gasteiger partial charge >= 0.3 is 0 Å². The van der Waals surface area contributed by atoms with Gasteiger partial charge in [0.1, 0.15) is 11.5 Å². The molecule has 5 heteroatoms. The van der Waals surface area contributed by atoms with Gasteiger partial charge in [0, 0.05) is 33.8 Å². The molecule has 0 aliphatic rings. The molecule has 0 radical (unpaired) electrons. The van der Waals surface area contributed by atoms with Gasteiger partial charge in [0.25, 0.3) is 0 Å². The van der Waals surface area contributed by atoms with Crippen LogP contribution in [-0.2, 0) is 10.8 Å². The summed E-state index contributed by atoms with van der Waals surface area (Å²) in [5.41, 5.74) is 4.64. The van der Waals surface area contributed by atoms with Gasteiger partial charge in [-0.3, -0.25) is 0 Å². The SMILES string of the molecule is CCCCCCCCCCCCCCCC(=S)Oc1cc(C)c(Sc2cc(C(C)(C)C)c(OC(=S)CCCCCCCCCCCCCCC)cc2C)cc1C(C)(C)C. The second-order valence-electron chi connectivity index (χ2n) is 19.8. The number of aryl methyl sites for hydroxylation is 2. The van der Waals surface area contributed by atoms with Crippen LogP contribution in [0.1, 0.15) is 257 Å².